The summed E-state index contributed by atoms with van der Waals surface area (Å²) in [5.74, 6) is 0.801. The second kappa shape index (κ2) is 6.11. The fraction of sp³-hybridized carbons (Fsp3) is 0.0714. The highest BCUT2D eigenvalue weighted by Gasteiger charge is 2.12. The Morgan fingerprint density at radius 3 is 2.86 bits per heavy atom. The quantitative estimate of drug-likeness (QED) is 0.785. The summed E-state index contributed by atoms with van der Waals surface area (Å²) < 4.78 is 5.17. The van der Waals surface area contributed by atoms with Crippen LogP contribution < -0.4 is 5.32 Å². The van der Waals surface area contributed by atoms with Crippen LogP contribution in [0.15, 0.2) is 47.1 Å². The van der Waals surface area contributed by atoms with Crippen LogP contribution in [-0.2, 0) is 6.54 Å². The number of rotatable bonds is 4. The SMILES string of the molecule is Clc1cccc(NCc2nc(-c3ncccc3Cl)no2)c1. The molecule has 3 rings (SSSR count). The van der Waals surface area contributed by atoms with Gasteiger partial charge in [-0.15, -0.1) is 0 Å². The molecule has 0 atom stereocenters. The molecule has 0 aliphatic heterocycles. The lowest BCUT2D eigenvalue weighted by atomic mass is 10.3. The molecule has 21 heavy (non-hydrogen) atoms. The molecule has 0 fully saturated rings. The normalized spacial score (nSPS) is 10.6. The van der Waals surface area contributed by atoms with E-state index in [1.165, 1.54) is 0 Å². The van der Waals surface area contributed by atoms with Crippen molar-refractivity contribution in [3.63, 3.8) is 0 Å². The topological polar surface area (TPSA) is 63.8 Å². The maximum atomic E-state index is 6.04. The van der Waals surface area contributed by atoms with Crippen molar-refractivity contribution in [3.8, 4) is 11.5 Å². The Morgan fingerprint density at radius 1 is 1.14 bits per heavy atom. The zero-order valence-corrected chi connectivity index (χ0v) is 12.3. The summed E-state index contributed by atoms with van der Waals surface area (Å²) in [5.41, 5.74) is 1.37. The minimum atomic E-state index is 0.364. The summed E-state index contributed by atoms with van der Waals surface area (Å²) in [6.45, 7) is 0.387. The highest BCUT2D eigenvalue weighted by atomic mass is 35.5. The molecule has 1 N–H and O–H groups in total. The molecule has 1 aromatic carbocycles. The lowest BCUT2D eigenvalue weighted by molar-refractivity contribution is 0.384. The average Bonchev–Trinajstić information content (AvgIpc) is 2.94. The van der Waals surface area contributed by atoms with Crippen LogP contribution in [0.4, 0.5) is 5.69 Å². The predicted molar refractivity (Wildman–Crippen MR) is 81.3 cm³/mol. The van der Waals surface area contributed by atoms with Gasteiger partial charge in [-0.3, -0.25) is 4.98 Å². The maximum Gasteiger partial charge on any atom is 0.246 e. The molecule has 0 saturated carbocycles. The Hall–Kier alpha value is -2.11. The summed E-state index contributed by atoms with van der Waals surface area (Å²) in [6.07, 6.45) is 1.63. The second-order valence-electron chi connectivity index (χ2n) is 4.21. The van der Waals surface area contributed by atoms with Crippen LogP contribution >= 0.6 is 23.2 Å². The number of hydrogen-bond donors (Lipinski definition) is 1. The van der Waals surface area contributed by atoms with Gasteiger partial charge in [0.25, 0.3) is 0 Å². The Morgan fingerprint density at radius 2 is 2.05 bits per heavy atom. The molecule has 0 saturated heterocycles. The third-order valence-corrected chi connectivity index (χ3v) is 3.25. The van der Waals surface area contributed by atoms with Gasteiger partial charge in [-0.2, -0.15) is 4.98 Å². The third kappa shape index (κ3) is 3.32. The number of nitrogens with one attached hydrogen (secondary N) is 1. The molecule has 3 aromatic rings. The van der Waals surface area contributed by atoms with Gasteiger partial charge in [0, 0.05) is 16.9 Å². The lowest BCUT2D eigenvalue weighted by Crippen LogP contribution is -1.99. The van der Waals surface area contributed by atoms with Crippen molar-refractivity contribution in [2.75, 3.05) is 5.32 Å². The minimum absolute atomic E-state index is 0.364. The lowest BCUT2D eigenvalue weighted by Gasteiger charge is -2.02. The van der Waals surface area contributed by atoms with Gasteiger partial charge in [0.2, 0.25) is 11.7 Å². The van der Waals surface area contributed by atoms with Crippen molar-refractivity contribution in [2.24, 2.45) is 0 Å². The smallest absolute Gasteiger partial charge is 0.246 e. The number of anilines is 1. The minimum Gasteiger partial charge on any atom is -0.376 e. The van der Waals surface area contributed by atoms with E-state index in [-0.39, 0.29) is 0 Å². The first-order valence-electron chi connectivity index (χ1n) is 6.15. The van der Waals surface area contributed by atoms with E-state index in [0.29, 0.717) is 34.0 Å². The fourth-order valence-electron chi connectivity index (χ4n) is 1.75. The van der Waals surface area contributed by atoms with E-state index in [2.05, 4.69) is 20.4 Å². The van der Waals surface area contributed by atoms with E-state index in [1.54, 1.807) is 24.4 Å². The fourth-order valence-corrected chi connectivity index (χ4v) is 2.15. The van der Waals surface area contributed by atoms with Crippen LogP contribution in [-0.4, -0.2) is 15.1 Å². The van der Waals surface area contributed by atoms with E-state index in [1.807, 2.05) is 18.2 Å². The number of hydrogen-bond acceptors (Lipinski definition) is 5. The monoisotopic (exact) mass is 320 g/mol. The van der Waals surface area contributed by atoms with Crippen LogP contribution in [0.3, 0.4) is 0 Å². The zero-order chi connectivity index (χ0) is 14.7. The summed E-state index contributed by atoms with van der Waals surface area (Å²) >= 11 is 12.0. The third-order valence-electron chi connectivity index (χ3n) is 2.71. The molecule has 0 bridgehead atoms. The van der Waals surface area contributed by atoms with Gasteiger partial charge in [0.1, 0.15) is 5.69 Å². The summed E-state index contributed by atoms with van der Waals surface area (Å²) in [4.78, 5) is 8.40. The molecule has 2 aromatic heterocycles. The van der Waals surface area contributed by atoms with Crippen LogP contribution in [0.2, 0.25) is 10.0 Å². The van der Waals surface area contributed by atoms with E-state index in [4.69, 9.17) is 27.7 Å². The van der Waals surface area contributed by atoms with E-state index in [9.17, 15) is 0 Å². The molecule has 0 aliphatic carbocycles. The number of pyridine rings is 1. The standard InChI is InChI=1S/C14H10Cl2N4O/c15-9-3-1-4-10(7-9)18-8-12-19-14(20-21-12)13-11(16)5-2-6-17-13/h1-7,18H,8H2. The summed E-state index contributed by atoms with van der Waals surface area (Å²) in [6, 6.07) is 10.9. The van der Waals surface area contributed by atoms with E-state index >= 15 is 0 Å². The number of nitrogens with zero attached hydrogens (tertiary/aromatic N) is 3. The van der Waals surface area contributed by atoms with Crippen LogP contribution in [0, 0.1) is 0 Å². The van der Waals surface area contributed by atoms with Gasteiger partial charge in [-0.05, 0) is 30.3 Å². The maximum absolute atomic E-state index is 6.04. The van der Waals surface area contributed by atoms with Crippen molar-refractivity contribution < 1.29 is 4.52 Å². The second-order valence-corrected chi connectivity index (χ2v) is 5.05. The van der Waals surface area contributed by atoms with Crippen molar-refractivity contribution in [3.05, 3.63) is 58.5 Å². The number of benzene rings is 1. The molecular weight excluding hydrogens is 311 g/mol. The molecule has 0 unspecified atom stereocenters. The molecule has 0 amide bonds. The molecule has 7 heteroatoms. The molecule has 2 heterocycles. The Balaban J connectivity index is 1.72. The first kappa shape index (κ1) is 13.9. The Bertz CT molecular complexity index is 760. The van der Waals surface area contributed by atoms with Gasteiger partial charge in [-0.25, -0.2) is 0 Å². The first-order chi connectivity index (χ1) is 10.2. The largest absolute Gasteiger partial charge is 0.376 e. The van der Waals surface area contributed by atoms with Crippen LogP contribution in [0.5, 0.6) is 0 Å². The van der Waals surface area contributed by atoms with Crippen LogP contribution in [0.25, 0.3) is 11.5 Å². The van der Waals surface area contributed by atoms with Crippen molar-refractivity contribution in [1.82, 2.24) is 15.1 Å². The average molecular weight is 321 g/mol. The van der Waals surface area contributed by atoms with Gasteiger partial charge >= 0.3 is 0 Å². The first-order valence-corrected chi connectivity index (χ1v) is 6.91. The molecule has 0 radical (unpaired) electrons. The summed E-state index contributed by atoms with van der Waals surface area (Å²) in [5, 5.41) is 8.16. The van der Waals surface area contributed by atoms with Gasteiger partial charge in [0.15, 0.2) is 0 Å². The predicted octanol–water partition coefficient (Wildman–Crippen LogP) is 4.05. The van der Waals surface area contributed by atoms with Crippen molar-refractivity contribution >= 4 is 28.9 Å². The van der Waals surface area contributed by atoms with Crippen molar-refractivity contribution in [1.29, 1.82) is 0 Å². The molecule has 0 aliphatic rings. The van der Waals surface area contributed by atoms with Crippen LogP contribution in [0.1, 0.15) is 5.89 Å². The molecular formula is C14H10Cl2N4O. The number of aromatic nitrogens is 3. The Labute approximate surface area is 130 Å². The highest BCUT2D eigenvalue weighted by molar-refractivity contribution is 6.32. The van der Waals surface area contributed by atoms with Crippen molar-refractivity contribution in [2.45, 2.75) is 6.54 Å². The summed E-state index contributed by atoms with van der Waals surface area (Å²) in [7, 11) is 0. The zero-order valence-electron chi connectivity index (χ0n) is 10.8. The Kier molecular flexibility index (Phi) is 4.03. The number of halogens is 2. The molecule has 5 nitrogen and oxygen atoms in total. The van der Waals surface area contributed by atoms with E-state index < -0.39 is 0 Å². The molecule has 0 spiro atoms. The van der Waals surface area contributed by atoms with Gasteiger partial charge < -0.3 is 9.84 Å². The molecule has 106 valence electrons. The van der Waals surface area contributed by atoms with E-state index in [0.717, 1.165) is 5.69 Å². The van der Waals surface area contributed by atoms with Gasteiger partial charge in [0.05, 0.1) is 11.6 Å². The highest BCUT2D eigenvalue weighted by Crippen LogP contribution is 2.22. The van der Waals surface area contributed by atoms with Gasteiger partial charge in [-0.1, -0.05) is 34.4 Å².